The molecule has 4 nitrogen and oxygen atoms in total. The van der Waals surface area contributed by atoms with Crippen molar-refractivity contribution in [3.63, 3.8) is 0 Å². The number of halogens is 1. The van der Waals surface area contributed by atoms with E-state index in [9.17, 15) is 9.90 Å². The zero-order valence-electron chi connectivity index (χ0n) is 11.8. The van der Waals surface area contributed by atoms with Gasteiger partial charge < -0.3 is 14.6 Å². The van der Waals surface area contributed by atoms with Crippen LogP contribution in [0, 0.1) is 0 Å². The van der Waals surface area contributed by atoms with E-state index in [1.807, 2.05) is 0 Å². The summed E-state index contributed by atoms with van der Waals surface area (Å²) in [6, 6.07) is 11.2. The zero-order chi connectivity index (χ0) is 15.5. The summed E-state index contributed by atoms with van der Waals surface area (Å²) in [5, 5.41) is 9.81. The number of phenols is 1. The minimum absolute atomic E-state index is 0.00827. The van der Waals surface area contributed by atoms with Gasteiger partial charge in [0.05, 0.1) is 18.2 Å². The van der Waals surface area contributed by atoms with Crippen LogP contribution in [-0.4, -0.2) is 30.2 Å². The van der Waals surface area contributed by atoms with Crippen LogP contribution in [0.2, 0.25) is 5.02 Å². The summed E-state index contributed by atoms with van der Waals surface area (Å²) in [5.41, 5.74) is 0.766. The van der Waals surface area contributed by atoms with E-state index in [0.29, 0.717) is 22.9 Å². The van der Waals surface area contributed by atoms with E-state index in [-0.39, 0.29) is 23.2 Å². The van der Waals surface area contributed by atoms with E-state index in [1.165, 1.54) is 18.2 Å². The third kappa shape index (κ3) is 3.24. The summed E-state index contributed by atoms with van der Waals surface area (Å²) in [4.78, 5) is 12.4. The lowest BCUT2D eigenvalue weighted by atomic mass is 10.0. The Morgan fingerprint density at radius 1 is 1.23 bits per heavy atom. The van der Waals surface area contributed by atoms with E-state index >= 15 is 0 Å². The fourth-order valence-electron chi connectivity index (χ4n) is 2.33. The Morgan fingerprint density at radius 3 is 2.68 bits per heavy atom. The second kappa shape index (κ2) is 6.38. The molecule has 1 atom stereocenters. The largest absolute Gasteiger partial charge is 0.508 e. The molecule has 1 N–H and O–H groups in total. The Bertz CT molecular complexity index is 676. The van der Waals surface area contributed by atoms with Gasteiger partial charge in [-0.05, 0) is 42.5 Å². The Morgan fingerprint density at radius 2 is 2.00 bits per heavy atom. The van der Waals surface area contributed by atoms with Gasteiger partial charge in [0.1, 0.15) is 17.6 Å². The second-order valence-electron chi connectivity index (χ2n) is 5.12. The quantitative estimate of drug-likeness (QED) is 0.877. The highest BCUT2D eigenvalue weighted by Gasteiger charge is 2.18. The van der Waals surface area contributed by atoms with Gasteiger partial charge in [0, 0.05) is 17.5 Å². The van der Waals surface area contributed by atoms with Crippen molar-refractivity contribution in [3.8, 4) is 11.5 Å². The number of aromatic hydroxyl groups is 1. The summed E-state index contributed by atoms with van der Waals surface area (Å²) in [7, 11) is 0. The molecule has 114 valence electrons. The smallest absolute Gasteiger partial charge is 0.194 e. The normalized spacial score (nSPS) is 17.4. The zero-order valence-corrected chi connectivity index (χ0v) is 12.5. The standard InChI is InChI=1S/C17H15ClO4/c18-16-6-3-12(19)9-15(16)17(20)11-1-4-13(5-2-11)22-14-7-8-21-10-14/h1-6,9,14,19H,7-8,10H2/t14-/m0/s1. The SMILES string of the molecule is O=C(c1ccc(O[C@H]2CCOC2)cc1)c1cc(O)ccc1Cl. The van der Waals surface area contributed by atoms with Crippen LogP contribution in [0.3, 0.4) is 0 Å². The van der Waals surface area contributed by atoms with Crippen molar-refractivity contribution < 1.29 is 19.4 Å². The number of carbonyl (C=O) groups is 1. The van der Waals surface area contributed by atoms with E-state index in [0.717, 1.165) is 13.0 Å². The molecular formula is C17H15ClO4. The van der Waals surface area contributed by atoms with Crippen LogP contribution in [0.1, 0.15) is 22.3 Å². The summed E-state index contributed by atoms with van der Waals surface area (Å²) >= 11 is 6.02. The summed E-state index contributed by atoms with van der Waals surface area (Å²) in [6.07, 6.45) is 0.946. The molecule has 0 aromatic heterocycles. The molecule has 1 aliphatic rings. The van der Waals surface area contributed by atoms with Crippen LogP contribution in [0.25, 0.3) is 0 Å². The Kier molecular flexibility index (Phi) is 4.32. The van der Waals surface area contributed by atoms with E-state index < -0.39 is 0 Å². The molecule has 0 unspecified atom stereocenters. The molecule has 2 aromatic carbocycles. The molecule has 1 fully saturated rings. The van der Waals surface area contributed by atoms with Crippen LogP contribution in [0.15, 0.2) is 42.5 Å². The van der Waals surface area contributed by atoms with Gasteiger partial charge in [-0.2, -0.15) is 0 Å². The third-order valence-electron chi connectivity index (χ3n) is 3.50. The van der Waals surface area contributed by atoms with Gasteiger partial charge in [0.2, 0.25) is 0 Å². The number of phenolic OH excluding ortho intramolecular Hbond substituents is 1. The second-order valence-corrected chi connectivity index (χ2v) is 5.53. The molecule has 0 amide bonds. The molecule has 0 bridgehead atoms. The first-order valence-corrected chi connectivity index (χ1v) is 7.39. The highest BCUT2D eigenvalue weighted by atomic mass is 35.5. The average Bonchev–Trinajstić information content (AvgIpc) is 3.03. The minimum atomic E-state index is -0.239. The number of ether oxygens (including phenoxy) is 2. The first-order chi connectivity index (χ1) is 10.6. The van der Waals surface area contributed by atoms with Crippen LogP contribution >= 0.6 is 11.6 Å². The molecule has 1 heterocycles. The molecule has 0 saturated carbocycles. The monoisotopic (exact) mass is 318 g/mol. The fraction of sp³-hybridized carbons (Fsp3) is 0.235. The summed E-state index contributed by atoms with van der Waals surface area (Å²) in [6.45, 7) is 1.32. The van der Waals surface area contributed by atoms with Crippen molar-refractivity contribution in [2.75, 3.05) is 13.2 Å². The van der Waals surface area contributed by atoms with Crippen molar-refractivity contribution >= 4 is 17.4 Å². The third-order valence-corrected chi connectivity index (χ3v) is 3.83. The molecule has 0 spiro atoms. The molecule has 2 aromatic rings. The van der Waals surface area contributed by atoms with Gasteiger partial charge >= 0.3 is 0 Å². The van der Waals surface area contributed by atoms with Gasteiger partial charge in [-0.15, -0.1) is 0 Å². The molecule has 1 saturated heterocycles. The Labute approximate surface area is 133 Å². The van der Waals surface area contributed by atoms with E-state index in [2.05, 4.69) is 0 Å². The maximum Gasteiger partial charge on any atom is 0.194 e. The Balaban J connectivity index is 1.77. The van der Waals surface area contributed by atoms with Crippen LogP contribution < -0.4 is 4.74 Å². The van der Waals surface area contributed by atoms with Crippen molar-refractivity contribution in [3.05, 3.63) is 58.6 Å². The lowest BCUT2D eigenvalue weighted by molar-refractivity contribution is 0.103. The van der Waals surface area contributed by atoms with Crippen molar-refractivity contribution in [1.82, 2.24) is 0 Å². The van der Waals surface area contributed by atoms with Gasteiger partial charge in [-0.1, -0.05) is 11.6 Å². The number of ketones is 1. The van der Waals surface area contributed by atoms with Crippen molar-refractivity contribution in [2.45, 2.75) is 12.5 Å². The first-order valence-electron chi connectivity index (χ1n) is 7.01. The number of benzene rings is 2. The molecule has 3 rings (SSSR count). The summed E-state index contributed by atoms with van der Waals surface area (Å²) < 4.78 is 11.0. The summed E-state index contributed by atoms with van der Waals surface area (Å²) in [5.74, 6) is 0.472. The first kappa shape index (κ1) is 14.9. The van der Waals surface area contributed by atoms with Gasteiger partial charge in [0.25, 0.3) is 0 Å². The maximum atomic E-state index is 12.4. The molecule has 0 aliphatic carbocycles. The highest BCUT2D eigenvalue weighted by Crippen LogP contribution is 2.25. The number of carbonyl (C=O) groups excluding carboxylic acids is 1. The predicted molar refractivity (Wildman–Crippen MR) is 82.8 cm³/mol. The fourth-order valence-corrected chi connectivity index (χ4v) is 2.53. The van der Waals surface area contributed by atoms with Gasteiger partial charge in [-0.25, -0.2) is 0 Å². The van der Waals surface area contributed by atoms with Gasteiger partial charge in [-0.3, -0.25) is 4.79 Å². The van der Waals surface area contributed by atoms with Gasteiger partial charge in [0.15, 0.2) is 5.78 Å². The topological polar surface area (TPSA) is 55.8 Å². The van der Waals surface area contributed by atoms with E-state index in [4.69, 9.17) is 21.1 Å². The number of hydrogen-bond acceptors (Lipinski definition) is 4. The molecular weight excluding hydrogens is 304 g/mol. The average molecular weight is 319 g/mol. The van der Waals surface area contributed by atoms with Crippen LogP contribution in [0.4, 0.5) is 0 Å². The number of rotatable bonds is 4. The van der Waals surface area contributed by atoms with Crippen molar-refractivity contribution in [2.24, 2.45) is 0 Å². The molecule has 22 heavy (non-hydrogen) atoms. The lowest BCUT2D eigenvalue weighted by Crippen LogP contribution is -2.15. The molecule has 5 heteroatoms. The number of hydrogen-bond donors (Lipinski definition) is 1. The predicted octanol–water partition coefficient (Wildman–Crippen LogP) is 3.44. The van der Waals surface area contributed by atoms with Crippen LogP contribution in [-0.2, 0) is 4.74 Å². The lowest BCUT2D eigenvalue weighted by Gasteiger charge is -2.12. The van der Waals surface area contributed by atoms with E-state index in [1.54, 1.807) is 24.3 Å². The molecule has 1 aliphatic heterocycles. The van der Waals surface area contributed by atoms with Crippen molar-refractivity contribution in [1.29, 1.82) is 0 Å². The molecule has 0 radical (unpaired) electrons. The Hall–Kier alpha value is -2.04. The highest BCUT2D eigenvalue weighted by molar-refractivity contribution is 6.35. The van der Waals surface area contributed by atoms with Crippen LogP contribution in [0.5, 0.6) is 11.5 Å². The maximum absolute atomic E-state index is 12.4. The minimum Gasteiger partial charge on any atom is -0.508 e.